The fourth-order valence-corrected chi connectivity index (χ4v) is 3.74. The molecule has 1 saturated heterocycles. The molecule has 0 bridgehead atoms. The van der Waals surface area contributed by atoms with E-state index in [0.717, 1.165) is 28.4 Å². The minimum atomic E-state index is -0.693. The summed E-state index contributed by atoms with van der Waals surface area (Å²) in [5.41, 5.74) is 1.90. The molecule has 4 rings (SSSR count). The lowest BCUT2D eigenvalue weighted by atomic mass is 9.98. The number of rotatable bonds is 7. The molecular weight excluding hydrogens is 382 g/mol. The number of carbonyl (C=O) groups excluding carboxylic acids is 1. The summed E-state index contributed by atoms with van der Waals surface area (Å²) in [4.78, 5) is 17.6. The first-order valence-corrected chi connectivity index (χ1v) is 9.95. The smallest absolute Gasteiger partial charge is 0.234 e. The van der Waals surface area contributed by atoms with Gasteiger partial charge in [-0.05, 0) is 34.5 Å². The molecule has 1 unspecified atom stereocenters. The molecule has 1 aromatic heterocycles. The third kappa shape index (κ3) is 4.53. The number of ether oxygens (including phenoxy) is 2. The average molecular weight is 407 g/mol. The van der Waals surface area contributed by atoms with Gasteiger partial charge in [0.25, 0.3) is 0 Å². The van der Waals surface area contributed by atoms with E-state index >= 15 is 0 Å². The zero-order chi connectivity index (χ0) is 20.9. The third-order valence-corrected chi connectivity index (χ3v) is 5.16. The van der Waals surface area contributed by atoms with Gasteiger partial charge in [-0.15, -0.1) is 0 Å². The summed E-state index contributed by atoms with van der Waals surface area (Å²) >= 11 is 0. The fraction of sp³-hybridized carbons (Fsp3) is 0.304. The van der Waals surface area contributed by atoms with E-state index in [1.165, 1.54) is 0 Å². The molecule has 2 heterocycles. The van der Waals surface area contributed by atoms with Crippen LogP contribution in [0.4, 0.5) is 0 Å². The van der Waals surface area contributed by atoms with Crippen molar-refractivity contribution in [2.45, 2.75) is 6.10 Å². The van der Waals surface area contributed by atoms with Crippen LogP contribution in [-0.2, 0) is 4.79 Å². The van der Waals surface area contributed by atoms with Crippen LogP contribution in [0.5, 0.6) is 11.5 Å². The number of aliphatic hydroxyl groups excluding tert-OH is 1. The van der Waals surface area contributed by atoms with Gasteiger partial charge in [0.1, 0.15) is 24.2 Å². The highest BCUT2D eigenvalue weighted by Gasteiger charge is 2.19. The summed E-state index contributed by atoms with van der Waals surface area (Å²) < 4.78 is 11.4. The average Bonchev–Trinajstić information content (AvgIpc) is 2.77. The second-order valence-corrected chi connectivity index (χ2v) is 7.32. The molecule has 1 aliphatic heterocycles. The predicted molar refractivity (Wildman–Crippen MR) is 115 cm³/mol. The van der Waals surface area contributed by atoms with Crippen molar-refractivity contribution >= 4 is 16.7 Å². The standard InChI is InChI=1S/C23H25N3O4/c1-29-22-12-24-7-6-20(22)21-11-18(10-16-4-2-3-5-19(16)21)30-15-17(27)13-26-9-8-25-23(28)14-26/h2-7,10-12,17,27H,8-9,13-15H2,1H3,(H,25,28). The van der Waals surface area contributed by atoms with Crippen LogP contribution in [0.15, 0.2) is 54.9 Å². The van der Waals surface area contributed by atoms with E-state index in [0.29, 0.717) is 31.1 Å². The topological polar surface area (TPSA) is 83.9 Å². The first-order valence-electron chi connectivity index (χ1n) is 9.95. The number of carbonyl (C=O) groups is 1. The van der Waals surface area contributed by atoms with Gasteiger partial charge in [0.05, 0.1) is 19.9 Å². The molecule has 2 aromatic carbocycles. The Kier molecular flexibility index (Phi) is 6.11. The van der Waals surface area contributed by atoms with Gasteiger partial charge in [0, 0.05) is 31.4 Å². The molecule has 1 atom stereocenters. The molecule has 0 spiro atoms. The summed E-state index contributed by atoms with van der Waals surface area (Å²) in [6.07, 6.45) is 2.73. The van der Waals surface area contributed by atoms with Crippen molar-refractivity contribution in [3.63, 3.8) is 0 Å². The molecule has 0 aliphatic carbocycles. The Labute approximate surface area is 175 Å². The Morgan fingerprint density at radius 1 is 1.23 bits per heavy atom. The molecule has 2 N–H and O–H groups in total. The van der Waals surface area contributed by atoms with Gasteiger partial charge in [-0.2, -0.15) is 0 Å². The quantitative estimate of drug-likeness (QED) is 0.624. The molecule has 0 radical (unpaired) electrons. The number of pyridine rings is 1. The minimum Gasteiger partial charge on any atom is -0.494 e. The SMILES string of the molecule is COc1cnccc1-c1cc(OCC(O)CN2CCNC(=O)C2)cc2ccccc12. The Morgan fingerprint density at radius 2 is 2.10 bits per heavy atom. The van der Waals surface area contributed by atoms with E-state index in [9.17, 15) is 9.90 Å². The third-order valence-electron chi connectivity index (χ3n) is 5.16. The molecule has 1 fully saturated rings. The number of piperazine rings is 1. The van der Waals surface area contributed by atoms with E-state index in [1.807, 2.05) is 41.3 Å². The maximum absolute atomic E-state index is 11.5. The van der Waals surface area contributed by atoms with E-state index in [2.05, 4.69) is 16.4 Å². The van der Waals surface area contributed by atoms with Crippen LogP contribution in [0.1, 0.15) is 0 Å². The van der Waals surface area contributed by atoms with Crippen LogP contribution in [-0.4, -0.2) is 66.9 Å². The lowest BCUT2D eigenvalue weighted by Gasteiger charge is -2.28. The normalized spacial score (nSPS) is 15.6. The number of hydrogen-bond acceptors (Lipinski definition) is 6. The number of aliphatic hydroxyl groups is 1. The molecule has 30 heavy (non-hydrogen) atoms. The Morgan fingerprint density at radius 3 is 2.93 bits per heavy atom. The van der Waals surface area contributed by atoms with Crippen molar-refractivity contribution in [3.05, 3.63) is 54.9 Å². The van der Waals surface area contributed by atoms with Crippen LogP contribution in [0.25, 0.3) is 21.9 Å². The number of methoxy groups -OCH3 is 1. The van der Waals surface area contributed by atoms with E-state index in [-0.39, 0.29) is 12.5 Å². The number of nitrogens with one attached hydrogen (secondary N) is 1. The molecule has 3 aromatic rings. The van der Waals surface area contributed by atoms with Gasteiger partial charge in [-0.3, -0.25) is 14.7 Å². The van der Waals surface area contributed by atoms with Crippen LogP contribution >= 0.6 is 0 Å². The first kappa shape index (κ1) is 20.1. The number of β-amino-alcohol motifs (C(OH)–C–C–N with tert-alkyl or cyclic N) is 1. The number of fused-ring (bicyclic) bond motifs is 1. The zero-order valence-corrected chi connectivity index (χ0v) is 16.9. The predicted octanol–water partition coefficient (Wildman–Crippen LogP) is 2.08. The summed E-state index contributed by atoms with van der Waals surface area (Å²) in [6, 6.07) is 13.9. The van der Waals surface area contributed by atoms with Crippen LogP contribution in [0, 0.1) is 0 Å². The molecule has 7 nitrogen and oxygen atoms in total. The summed E-state index contributed by atoms with van der Waals surface area (Å²) in [5.74, 6) is 1.33. The Hall–Kier alpha value is -3.16. The van der Waals surface area contributed by atoms with Gasteiger partial charge >= 0.3 is 0 Å². The van der Waals surface area contributed by atoms with E-state index in [1.54, 1.807) is 19.5 Å². The molecule has 0 saturated carbocycles. The van der Waals surface area contributed by atoms with Crippen molar-refractivity contribution in [2.75, 3.05) is 39.9 Å². The van der Waals surface area contributed by atoms with Gasteiger partial charge in [0.15, 0.2) is 0 Å². The van der Waals surface area contributed by atoms with Crippen LogP contribution in [0.3, 0.4) is 0 Å². The van der Waals surface area contributed by atoms with Crippen molar-refractivity contribution < 1.29 is 19.4 Å². The Balaban J connectivity index is 1.55. The maximum Gasteiger partial charge on any atom is 0.234 e. The lowest BCUT2D eigenvalue weighted by molar-refractivity contribution is -0.124. The van der Waals surface area contributed by atoms with E-state index in [4.69, 9.17) is 9.47 Å². The molecule has 156 valence electrons. The number of hydrogen-bond donors (Lipinski definition) is 2. The number of nitrogens with zero attached hydrogens (tertiary/aromatic N) is 2. The van der Waals surface area contributed by atoms with Crippen molar-refractivity contribution in [1.82, 2.24) is 15.2 Å². The molecular formula is C23H25N3O4. The van der Waals surface area contributed by atoms with Crippen molar-refractivity contribution in [3.8, 4) is 22.6 Å². The largest absolute Gasteiger partial charge is 0.494 e. The monoisotopic (exact) mass is 407 g/mol. The first-order chi connectivity index (χ1) is 14.6. The minimum absolute atomic E-state index is 0.0140. The summed E-state index contributed by atoms with van der Waals surface area (Å²) in [6.45, 7) is 2.17. The molecule has 1 amide bonds. The Bertz CT molecular complexity index is 1040. The number of benzene rings is 2. The number of aromatic nitrogens is 1. The highest BCUT2D eigenvalue weighted by atomic mass is 16.5. The van der Waals surface area contributed by atoms with E-state index < -0.39 is 6.10 Å². The molecule has 7 heteroatoms. The van der Waals surface area contributed by atoms with Gasteiger partial charge in [0.2, 0.25) is 5.91 Å². The summed E-state index contributed by atoms with van der Waals surface area (Å²) in [5, 5.41) is 15.3. The zero-order valence-electron chi connectivity index (χ0n) is 16.9. The maximum atomic E-state index is 11.5. The van der Waals surface area contributed by atoms with Crippen molar-refractivity contribution in [1.29, 1.82) is 0 Å². The fourth-order valence-electron chi connectivity index (χ4n) is 3.74. The van der Waals surface area contributed by atoms with Gasteiger partial charge in [-0.1, -0.05) is 24.3 Å². The van der Waals surface area contributed by atoms with Gasteiger partial charge < -0.3 is 19.9 Å². The summed E-state index contributed by atoms with van der Waals surface area (Å²) in [7, 11) is 1.63. The lowest BCUT2D eigenvalue weighted by Crippen LogP contribution is -2.50. The second-order valence-electron chi connectivity index (χ2n) is 7.32. The van der Waals surface area contributed by atoms with Gasteiger partial charge in [-0.25, -0.2) is 0 Å². The van der Waals surface area contributed by atoms with Crippen LogP contribution in [0.2, 0.25) is 0 Å². The van der Waals surface area contributed by atoms with Crippen LogP contribution < -0.4 is 14.8 Å². The molecule has 1 aliphatic rings. The highest BCUT2D eigenvalue weighted by Crippen LogP contribution is 2.37. The van der Waals surface area contributed by atoms with Crippen molar-refractivity contribution in [2.24, 2.45) is 0 Å². The number of amides is 1. The highest BCUT2D eigenvalue weighted by molar-refractivity contribution is 5.99. The second kappa shape index (κ2) is 9.11.